The topological polar surface area (TPSA) is 15.3 Å². The van der Waals surface area contributed by atoms with Gasteiger partial charge in [-0.15, -0.1) is 0 Å². The van der Waals surface area contributed by atoms with Crippen molar-refractivity contribution in [1.29, 1.82) is 0 Å². The molecular weight excluding hydrogens is 216 g/mol. The fourth-order valence-electron chi connectivity index (χ4n) is 3.36. The van der Waals surface area contributed by atoms with Crippen LogP contribution in [0.15, 0.2) is 0 Å². The number of nitrogens with one attached hydrogen (secondary N) is 1. The van der Waals surface area contributed by atoms with Crippen LogP contribution in [0.25, 0.3) is 0 Å². The molecule has 1 saturated heterocycles. The first-order chi connectivity index (χ1) is 7.74. The summed E-state index contributed by atoms with van der Waals surface area (Å²) in [5.41, 5.74) is 0.497. The maximum Gasteiger partial charge on any atom is 0.0309 e. The van der Waals surface area contributed by atoms with Gasteiger partial charge in [-0.3, -0.25) is 4.90 Å². The second-order valence-electron chi connectivity index (χ2n) is 5.71. The molecule has 3 heteroatoms. The number of nitrogens with zero attached hydrogens (tertiary/aromatic N) is 1. The van der Waals surface area contributed by atoms with E-state index in [9.17, 15) is 0 Å². The quantitative estimate of drug-likeness (QED) is 0.814. The highest BCUT2D eigenvalue weighted by Crippen LogP contribution is 2.32. The largest absolute Gasteiger partial charge is 0.309 e. The van der Waals surface area contributed by atoms with E-state index in [2.05, 4.69) is 23.4 Å². The van der Waals surface area contributed by atoms with Gasteiger partial charge in [0.25, 0.3) is 0 Å². The summed E-state index contributed by atoms with van der Waals surface area (Å²) in [7, 11) is 0. The smallest absolute Gasteiger partial charge is 0.0309 e. The van der Waals surface area contributed by atoms with Gasteiger partial charge in [-0.05, 0) is 30.8 Å². The van der Waals surface area contributed by atoms with E-state index in [1.807, 2.05) is 11.8 Å². The molecule has 1 heterocycles. The molecule has 1 atom stereocenters. The minimum Gasteiger partial charge on any atom is -0.309 e. The van der Waals surface area contributed by atoms with E-state index in [1.54, 1.807) is 0 Å². The summed E-state index contributed by atoms with van der Waals surface area (Å²) in [4.78, 5) is 2.70. The summed E-state index contributed by atoms with van der Waals surface area (Å²) >= 11 is 1.98. The van der Waals surface area contributed by atoms with Crippen molar-refractivity contribution >= 4 is 11.8 Å². The molecule has 2 fully saturated rings. The Hall–Kier alpha value is 0.270. The maximum atomic E-state index is 3.78. The molecule has 1 aliphatic carbocycles. The molecule has 0 amide bonds. The Morgan fingerprint density at radius 2 is 2.12 bits per heavy atom. The summed E-state index contributed by atoms with van der Waals surface area (Å²) in [6.45, 7) is 7.43. The number of thioether (sulfide) groups is 1. The van der Waals surface area contributed by atoms with Gasteiger partial charge in [-0.1, -0.05) is 19.8 Å². The van der Waals surface area contributed by atoms with Crippen LogP contribution in [0.2, 0.25) is 0 Å². The third-order valence-corrected chi connectivity index (χ3v) is 4.94. The first-order valence-corrected chi connectivity index (χ1v) is 8.10. The maximum absolute atomic E-state index is 3.78. The van der Waals surface area contributed by atoms with Gasteiger partial charge in [0.15, 0.2) is 0 Å². The Kier molecular flexibility index (Phi) is 4.57. The van der Waals surface area contributed by atoms with Gasteiger partial charge in [-0.25, -0.2) is 0 Å². The summed E-state index contributed by atoms with van der Waals surface area (Å²) in [6.07, 6.45) is 7.88. The normalized spacial score (nSPS) is 27.4. The van der Waals surface area contributed by atoms with Crippen LogP contribution in [-0.2, 0) is 0 Å². The number of piperazine rings is 1. The van der Waals surface area contributed by atoms with Gasteiger partial charge in [0.05, 0.1) is 0 Å². The second kappa shape index (κ2) is 5.74. The zero-order valence-corrected chi connectivity index (χ0v) is 11.6. The van der Waals surface area contributed by atoms with Crippen molar-refractivity contribution in [1.82, 2.24) is 10.2 Å². The van der Waals surface area contributed by atoms with Gasteiger partial charge >= 0.3 is 0 Å². The highest BCUT2D eigenvalue weighted by Gasteiger charge is 2.37. The third-order valence-electron chi connectivity index (χ3n) is 4.04. The third kappa shape index (κ3) is 3.14. The van der Waals surface area contributed by atoms with Crippen molar-refractivity contribution in [2.24, 2.45) is 5.92 Å². The van der Waals surface area contributed by atoms with Crippen molar-refractivity contribution in [3.63, 3.8) is 0 Å². The minimum absolute atomic E-state index is 0.497. The van der Waals surface area contributed by atoms with E-state index in [-0.39, 0.29) is 0 Å². The highest BCUT2D eigenvalue weighted by molar-refractivity contribution is 7.98. The molecule has 0 aromatic rings. The van der Waals surface area contributed by atoms with Gasteiger partial charge in [-0.2, -0.15) is 11.8 Å². The molecule has 94 valence electrons. The summed E-state index contributed by atoms with van der Waals surface area (Å²) in [6, 6.07) is 0. The lowest BCUT2D eigenvalue weighted by atomic mass is 9.94. The van der Waals surface area contributed by atoms with E-state index < -0.39 is 0 Å². The lowest BCUT2D eigenvalue weighted by Gasteiger charge is -2.42. The Morgan fingerprint density at radius 1 is 1.38 bits per heavy atom. The molecular formula is C13H26N2S. The fraction of sp³-hybridized carbons (Fsp3) is 1.00. The van der Waals surface area contributed by atoms with Crippen LogP contribution >= 0.6 is 11.8 Å². The van der Waals surface area contributed by atoms with Crippen molar-refractivity contribution in [2.75, 3.05) is 38.2 Å². The molecule has 0 aromatic carbocycles. The molecule has 1 spiro atoms. The number of rotatable bonds is 4. The van der Waals surface area contributed by atoms with Crippen LogP contribution in [0.3, 0.4) is 0 Å². The summed E-state index contributed by atoms with van der Waals surface area (Å²) in [5.74, 6) is 2.14. The van der Waals surface area contributed by atoms with E-state index >= 15 is 0 Å². The molecule has 2 rings (SSSR count). The van der Waals surface area contributed by atoms with Gasteiger partial charge in [0.1, 0.15) is 0 Å². The zero-order valence-electron chi connectivity index (χ0n) is 10.8. The van der Waals surface area contributed by atoms with Crippen molar-refractivity contribution < 1.29 is 0 Å². The first-order valence-electron chi connectivity index (χ1n) is 6.70. The Balaban J connectivity index is 1.82. The van der Waals surface area contributed by atoms with E-state index in [0.29, 0.717) is 5.54 Å². The molecule has 1 saturated carbocycles. The summed E-state index contributed by atoms with van der Waals surface area (Å²) in [5, 5.41) is 3.78. The SMILES string of the molecule is CSCC(C)CN1CCNC2(CCCC2)C1. The Morgan fingerprint density at radius 3 is 2.81 bits per heavy atom. The fourth-order valence-corrected chi connectivity index (χ4v) is 4.04. The van der Waals surface area contributed by atoms with Crippen LogP contribution in [-0.4, -0.2) is 48.6 Å². The molecule has 1 unspecified atom stereocenters. The lowest BCUT2D eigenvalue weighted by Crippen LogP contribution is -2.59. The van der Waals surface area contributed by atoms with Gasteiger partial charge < -0.3 is 5.32 Å². The first kappa shape index (κ1) is 12.7. The molecule has 16 heavy (non-hydrogen) atoms. The standard InChI is InChI=1S/C13H26N2S/c1-12(10-16-2)9-15-8-7-14-13(11-15)5-3-4-6-13/h12,14H,3-11H2,1-2H3. The van der Waals surface area contributed by atoms with Crippen molar-refractivity contribution in [3.05, 3.63) is 0 Å². The lowest BCUT2D eigenvalue weighted by molar-refractivity contribution is 0.124. The monoisotopic (exact) mass is 242 g/mol. The molecule has 2 aliphatic rings. The van der Waals surface area contributed by atoms with E-state index in [1.165, 1.54) is 57.6 Å². The highest BCUT2D eigenvalue weighted by atomic mass is 32.2. The van der Waals surface area contributed by atoms with Crippen LogP contribution in [0.5, 0.6) is 0 Å². The second-order valence-corrected chi connectivity index (χ2v) is 6.62. The average molecular weight is 242 g/mol. The summed E-state index contributed by atoms with van der Waals surface area (Å²) < 4.78 is 0. The van der Waals surface area contributed by atoms with Crippen LogP contribution in [0, 0.1) is 5.92 Å². The van der Waals surface area contributed by atoms with E-state index in [4.69, 9.17) is 0 Å². The van der Waals surface area contributed by atoms with Crippen molar-refractivity contribution in [3.8, 4) is 0 Å². The number of hydrogen-bond donors (Lipinski definition) is 1. The minimum atomic E-state index is 0.497. The van der Waals surface area contributed by atoms with Crippen molar-refractivity contribution in [2.45, 2.75) is 38.1 Å². The average Bonchev–Trinajstić information content (AvgIpc) is 2.66. The van der Waals surface area contributed by atoms with Crippen LogP contribution in [0.1, 0.15) is 32.6 Å². The predicted molar refractivity (Wildman–Crippen MR) is 73.2 cm³/mol. The molecule has 0 aromatic heterocycles. The Labute approximate surface area is 105 Å². The van der Waals surface area contributed by atoms with E-state index in [0.717, 1.165) is 5.92 Å². The van der Waals surface area contributed by atoms with Crippen LogP contribution < -0.4 is 5.32 Å². The van der Waals surface area contributed by atoms with Gasteiger partial charge in [0, 0.05) is 31.7 Å². The molecule has 0 bridgehead atoms. The predicted octanol–water partition coefficient (Wildman–Crippen LogP) is 2.20. The molecule has 1 aliphatic heterocycles. The molecule has 1 N–H and O–H groups in total. The van der Waals surface area contributed by atoms with Gasteiger partial charge in [0.2, 0.25) is 0 Å². The van der Waals surface area contributed by atoms with Crippen LogP contribution in [0.4, 0.5) is 0 Å². The number of hydrogen-bond acceptors (Lipinski definition) is 3. The molecule has 2 nitrogen and oxygen atoms in total. The zero-order chi connectivity index (χ0) is 11.4. The Bertz CT molecular complexity index is 214. The molecule has 0 radical (unpaired) electrons.